The topological polar surface area (TPSA) is 80.7 Å². The summed E-state index contributed by atoms with van der Waals surface area (Å²) in [5, 5.41) is 10.1. The lowest BCUT2D eigenvalue weighted by atomic mass is 9.82. The molecule has 0 radical (unpaired) electrons. The summed E-state index contributed by atoms with van der Waals surface area (Å²) in [7, 11) is 0. The van der Waals surface area contributed by atoms with E-state index >= 15 is 0 Å². The minimum Gasteiger partial charge on any atom is -0.459 e. The number of carbonyl (C=O) groups is 3. The van der Waals surface area contributed by atoms with Crippen molar-refractivity contribution in [2.24, 2.45) is 5.92 Å². The number of hydrogen-bond donors (Lipinski definition) is 1. The molecule has 1 aliphatic rings. The molecule has 5 nitrogen and oxygen atoms in total. The van der Waals surface area contributed by atoms with Crippen molar-refractivity contribution in [2.45, 2.75) is 45.8 Å². The second kappa shape index (κ2) is 6.83. The van der Waals surface area contributed by atoms with Gasteiger partial charge in [-0.05, 0) is 39.3 Å². The van der Waals surface area contributed by atoms with Gasteiger partial charge in [-0.2, -0.15) is 0 Å². The normalized spacial score (nSPS) is 18.2. The zero-order valence-electron chi connectivity index (χ0n) is 13.4. The monoisotopic (exact) mass is 306 g/mol. The average Bonchev–Trinajstić information content (AvgIpc) is 2.37. The highest BCUT2D eigenvalue weighted by molar-refractivity contribution is 6.20. The average molecular weight is 306 g/mol. The van der Waals surface area contributed by atoms with Crippen LogP contribution in [0.15, 0.2) is 36.0 Å². The molecule has 0 saturated heterocycles. The van der Waals surface area contributed by atoms with Crippen molar-refractivity contribution in [3.05, 3.63) is 36.0 Å². The lowest BCUT2D eigenvalue weighted by molar-refractivity contribution is -0.160. The molecule has 0 bridgehead atoms. The molecule has 1 N–H and O–H groups in total. The van der Waals surface area contributed by atoms with Gasteiger partial charge in [0.1, 0.15) is 6.10 Å². The van der Waals surface area contributed by atoms with Gasteiger partial charge in [0.25, 0.3) is 0 Å². The largest absolute Gasteiger partial charge is 0.459 e. The van der Waals surface area contributed by atoms with Gasteiger partial charge >= 0.3 is 5.97 Å². The van der Waals surface area contributed by atoms with E-state index < -0.39 is 23.6 Å². The van der Waals surface area contributed by atoms with E-state index in [0.717, 1.165) is 0 Å². The Balaban J connectivity index is 3.03. The second-order valence-electron chi connectivity index (χ2n) is 5.99. The van der Waals surface area contributed by atoms with E-state index in [1.54, 1.807) is 6.92 Å². The Morgan fingerprint density at radius 2 is 1.95 bits per heavy atom. The summed E-state index contributed by atoms with van der Waals surface area (Å²) in [4.78, 5) is 35.1. The molecule has 0 saturated carbocycles. The predicted octanol–water partition coefficient (Wildman–Crippen LogP) is 1.91. The molecule has 0 aromatic rings. The summed E-state index contributed by atoms with van der Waals surface area (Å²) >= 11 is 0. The molecule has 1 rings (SSSR count). The van der Waals surface area contributed by atoms with Gasteiger partial charge in [-0.3, -0.25) is 14.4 Å². The molecule has 0 amide bonds. The zero-order chi connectivity index (χ0) is 17.1. The summed E-state index contributed by atoms with van der Waals surface area (Å²) in [6.07, 6.45) is 3.46. The second-order valence-corrected chi connectivity index (χ2v) is 5.99. The molecule has 5 heteroatoms. The predicted molar refractivity (Wildman–Crippen MR) is 82.0 cm³/mol. The van der Waals surface area contributed by atoms with Gasteiger partial charge in [-0.25, -0.2) is 0 Å². The number of ether oxygens (including phenoxy) is 1. The van der Waals surface area contributed by atoms with Gasteiger partial charge in [0.2, 0.25) is 0 Å². The van der Waals surface area contributed by atoms with Crippen molar-refractivity contribution in [1.29, 1.82) is 0 Å². The fourth-order valence-corrected chi connectivity index (χ4v) is 2.23. The van der Waals surface area contributed by atoms with E-state index in [2.05, 4.69) is 6.58 Å². The third-order valence-electron chi connectivity index (χ3n) is 3.56. The molecule has 0 heterocycles. The highest BCUT2D eigenvalue weighted by Crippen LogP contribution is 2.28. The van der Waals surface area contributed by atoms with Gasteiger partial charge < -0.3 is 9.84 Å². The lowest BCUT2D eigenvalue weighted by Crippen LogP contribution is -2.41. The Kier molecular flexibility index (Phi) is 5.60. The Morgan fingerprint density at radius 3 is 2.41 bits per heavy atom. The molecular formula is C17H22O5. The SMILES string of the molecule is C=CC(CC(OC(C)=O)C(C)(C)O)C1=CC(=O)C(C)=CC1=O. The molecule has 0 aromatic carbocycles. The van der Waals surface area contributed by atoms with Crippen LogP contribution < -0.4 is 0 Å². The molecule has 2 unspecified atom stereocenters. The minimum absolute atomic E-state index is 0.171. The van der Waals surface area contributed by atoms with E-state index in [1.165, 1.54) is 39.0 Å². The number of allylic oxidation sites excluding steroid dienone is 5. The highest BCUT2D eigenvalue weighted by Gasteiger charge is 2.34. The first kappa shape index (κ1) is 18.0. The lowest BCUT2D eigenvalue weighted by Gasteiger charge is -2.31. The number of ketones is 2. The first-order valence-electron chi connectivity index (χ1n) is 7.07. The van der Waals surface area contributed by atoms with Crippen LogP contribution >= 0.6 is 0 Å². The summed E-state index contributed by atoms with van der Waals surface area (Å²) in [5.41, 5.74) is -0.594. The number of esters is 1. The zero-order valence-corrected chi connectivity index (χ0v) is 13.4. The van der Waals surface area contributed by atoms with Crippen LogP contribution in [-0.4, -0.2) is 34.3 Å². The maximum Gasteiger partial charge on any atom is 0.303 e. The van der Waals surface area contributed by atoms with E-state index in [4.69, 9.17) is 4.74 Å². The molecule has 0 fully saturated rings. The quantitative estimate of drug-likeness (QED) is 0.460. The number of carbonyl (C=O) groups excluding carboxylic acids is 3. The minimum atomic E-state index is -1.28. The van der Waals surface area contributed by atoms with Crippen LogP contribution in [0.4, 0.5) is 0 Å². The molecule has 0 aromatic heterocycles. The Hall–Kier alpha value is -2.01. The van der Waals surface area contributed by atoms with Crippen LogP contribution in [-0.2, 0) is 19.1 Å². The van der Waals surface area contributed by atoms with Gasteiger partial charge in [-0.1, -0.05) is 6.08 Å². The van der Waals surface area contributed by atoms with Crippen LogP contribution in [0.5, 0.6) is 0 Å². The van der Waals surface area contributed by atoms with Crippen molar-refractivity contribution in [2.75, 3.05) is 0 Å². The number of rotatable bonds is 6. The maximum absolute atomic E-state index is 12.1. The number of aliphatic hydroxyl groups is 1. The van der Waals surface area contributed by atoms with Crippen molar-refractivity contribution < 1.29 is 24.2 Å². The van der Waals surface area contributed by atoms with Crippen LogP contribution in [0.2, 0.25) is 0 Å². The van der Waals surface area contributed by atoms with Crippen molar-refractivity contribution >= 4 is 17.5 Å². The van der Waals surface area contributed by atoms with Crippen LogP contribution in [0.1, 0.15) is 34.1 Å². The van der Waals surface area contributed by atoms with Gasteiger partial charge in [0.05, 0.1) is 5.60 Å². The summed E-state index contributed by atoms with van der Waals surface area (Å²) in [6, 6.07) is 0. The first-order chi connectivity index (χ1) is 10.1. The molecule has 22 heavy (non-hydrogen) atoms. The summed E-state index contributed by atoms with van der Waals surface area (Å²) < 4.78 is 5.15. The van der Waals surface area contributed by atoms with E-state index in [0.29, 0.717) is 11.1 Å². The maximum atomic E-state index is 12.1. The first-order valence-corrected chi connectivity index (χ1v) is 7.07. The smallest absolute Gasteiger partial charge is 0.303 e. The van der Waals surface area contributed by atoms with Crippen molar-refractivity contribution in [3.8, 4) is 0 Å². The fraction of sp³-hybridized carbons (Fsp3) is 0.471. The third kappa shape index (κ3) is 4.49. The van der Waals surface area contributed by atoms with Crippen molar-refractivity contribution in [3.63, 3.8) is 0 Å². The van der Waals surface area contributed by atoms with Crippen molar-refractivity contribution in [1.82, 2.24) is 0 Å². The van der Waals surface area contributed by atoms with Gasteiger partial charge in [0, 0.05) is 24.0 Å². The van der Waals surface area contributed by atoms with Gasteiger partial charge in [-0.15, -0.1) is 6.58 Å². The van der Waals surface area contributed by atoms with Gasteiger partial charge in [0.15, 0.2) is 11.6 Å². The summed E-state index contributed by atoms with van der Waals surface area (Å²) in [6.45, 7) is 9.55. The van der Waals surface area contributed by atoms with E-state index in [-0.39, 0.29) is 18.0 Å². The van der Waals surface area contributed by atoms with Crippen LogP contribution in [0.25, 0.3) is 0 Å². The van der Waals surface area contributed by atoms with Crippen LogP contribution in [0.3, 0.4) is 0 Å². The number of hydrogen-bond acceptors (Lipinski definition) is 5. The Labute approximate surface area is 130 Å². The Bertz CT molecular complexity index is 560. The summed E-state index contributed by atoms with van der Waals surface area (Å²) in [5.74, 6) is -1.50. The highest BCUT2D eigenvalue weighted by atomic mass is 16.6. The Morgan fingerprint density at radius 1 is 1.36 bits per heavy atom. The molecule has 2 atom stereocenters. The molecule has 120 valence electrons. The van der Waals surface area contributed by atoms with Crippen LogP contribution in [0, 0.1) is 5.92 Å². The molecule has 0 aliphatic heterocycles. The standard InChI is InChI=1S/C17H22O5/c1-6-12(8-16(17(4,5)21)22-11(3)18)13-9-14(19)10(2)7-15(13)20/h6-7,9,12,16,21H,1,8H2,2-5H3. The molecule has 0 spiro atoms. The fourth-order valence-electron chi connectivity index (χ4n) is 2.23. The molecule has 1 aliphatic carbocycles. The third-order valence-corrected chi connectivity index (χ3v) is 3.56. The van der Waals surface area contributed by atoms with E-state index in [9.17, 15) is 19.5 Å². The van der Waals surface area contributed by atoms with E-state index in [1.807, 2.05) is 0 Å². The molecular weight excluding hydrogens is 284 g/mol.